The summed E-state index contributed by atoms with van der Waals surface area (Å²) in [7, 11) is 0. The van der Waals surface area contributed by atoms with E-state index in [2.05, 4.69) is 25.6 Å². The molecule has 2 aromatic rings. The minimum Gasteiger partial charge on any atom is -0.354 e. The number of nitrogens with zero attached hydrogens (tertiary/aromatic N) is 3. The molecule has 1 amide bonds. The van der Waals surface area contributed by atoms with E-state index < -0.39 is 0 Å². The minimum atomic E-state index is -0.0405. The first-order valence-electron chi connectivity index (χ1n) is 7.31. The summed E-state index contributed by atoms with van der Waals surface area (Å²) in [6, 6.07) is 5.66. The van der Waals surface area contributed by atoms with Crippen LogP contribution >= 0.6 is 0 Å². The molecule has 6 heteroatoms. The van der Waals surface area contributed by atoms with Crippen LogP contribution in [0.25, 0.3) is 0 Å². The SMILES string of the molecule is Cc1ccnc(NC(=O)CCCNc2nc(C)cc(C)n2)c1. The molecular weight excluding hydrogens is 278 g/mol. The molecule has 0 atom stereocenters. The number of hydrogen-bond acceptors (Lipinski definition) is 5. The fourth-order valence-corrected chi connectivity index (χ4v) is 2.06. The Hall–Kier alpha value is -2.50. The number of carbonyl (C=O) groups is 1. The first kappa shape index (κ1) is 15.9. The Morgan fingerprint density at radius 2 is 1.86 bits per heavy atom. The minimum absolute atomic E-state index is 0.0405. The van der Waals surface area contributed by atoms with Gasteiger partial charge in [-0.25, -0.2) is 15.0 Å². The molecule has 0 bridgehead atoms. The van der Waals surface area contributed by atoms with Gasteiger partial charge < -0.3 is 10.6 Å². The van der Waals surface area contributed by atoms with E-state index >= 15 is 0 Å². The largest absolute Gasteiger partial charge is 0.354 e. The van der Waals surface area contributed by atoms with Crippen LogP contribution in [0.15, 0.2) is 24.4 Å². The summed E-state index contributed by atoms with van der Waals surface area (Å²) < 4.78 is 0. The molecule has 2 N–H and O–H groups in total. The molecule has 0 aliphatic heterocycles. The van der Waals surface area contributed by atoms with Gasteiger partial charge in [0.15, 0.2) is 0 Å². The van der Waals surface area contributed by atoms with Gasteiger partial charge in [-0.1, -0.05) is 0 Å². The predicted molar refractivity (Wildman–Crippen MR) is 86.8 cm³/mol. The number of carbonyl (C=O) groups excluding carboxylic acids is 1. The molecule has 0 aromatic carbocycles. The van der Waals surface area contributed by atoms with E-state index in [1.807, 2.05) is 39.0 Å². The van der Waals surface area contributed by atoms with Crippen molar-refractivity contribution in [3.8, 4) is 0 Å². The fourth-order valence-electron chi connectivity index (χ4n) is 2.06. The molecule has 0 radical (unpaired) electrons. The maximum absolute atomic E-state index is 11.8. The Balaban J connectivity index is 1.73. The fraction of sp³-hybridized carbons (Fsp3) is 0.375. The van der Waals surface area contributed by atoms with Crippen LogP contribution in [0.2, 0.25) is 0 Å². The quantitative estimate of drug-likeness (QED) is 0.802. The van der Waals surface area contributed by atoms with E-state index in [1.54, 1.807) is 6.20 Å². The standard InChI is InChI=1S/C16H21N5O/c1-11-6-8-17-14(9-11)21-15(22)5-4-7-18-16-19-12(2)10-13(3)20-16/h6,8-10H,4-5,7H2,1-3H3,(H,17,21,22)(H,18,19,20). The van der Waals surface area contributed by atoms with E-state index in [1.165, 1.54) is 0 Å². The third-order valence-corrected chi connectivity index (χ3v) is 3.03. The van der Waals surface area contributed by atoms with Crippen molar-refractivity contribution in [1.82, 2.24) is 15.0 Å². The van der Waals surface area contributed by atoms with Crippen molar-refractivity contribution >= 4 is 17.7 Å². The van der Waals surface area contributed by atoms with Gasteiger partial charge in [0.2, 0.25) is 11.9 Å². The van der Waals surface area contributed by atoms with Gasteiger partial charge in [0, 0.05) is 30.6 Å². The monoisotopic (exact) mass is 299 g/mol. The average Bonchev–Trinajstić information content (AvgIpc) is 2.42. The van der Waals surface area contributed by atoms with Crippen LogP contribution in [0.1, 0.15) is 29.8 Å². The molecule has 6 nitrogen and oxygen atoms in total. The summed E-state index contributed by atoms with van der Waals surface area (Å²) in [5.74, 6) is 1.16. The van der Waals surface area contributed by atoms with Crippen LogP contribution in [0.4, 0.5) is 11.8 Å². The van der Waals surface area contributed by atoms with Crippen molar-refractivity contribution in [2.24, 2.45) is 0 Å². The average molecular weight is 299 g/mol. The maximum Gasteiger partial charge on any atom is 0.225 e. The highest BCUT2D eigenvalue weighted by Gasteiger charge is 2.04. The number of hydrogen-bond donors (Lipinski definition) is 2. The molecule has 0 fully saturated rings. The van der Waals surface area contributed by atoms with Gasteiger partial charge in [-0.05, 0) is 51.0 Å². The van der Waals surface area contributed by atoms with Crippen molar-refractivity contribution in [2.75, 3.05) is 17.2 Å². The number of aromatic nitrogens is 3. The number of amides is 1. The van der Waals surface area contributed by atoms with Gasteiger partial charge in [0.1, 0.15) is 5.82 Å². The summed E-state index contributed by atoms with van der Waals surface area (Å²) in [6.07, 6.45) is 2.81. The van der Waals surface area contributed by atoms with Crippen LogP contribution < -0.4 is 10.6 Å². The maximum atomic E-state index is 11.8. The zero-order chi connectivity index (χ0) is 15.9. The lowest BCUT2D eigenvalue weighted by atomic mass is 10.2. The number of pyridine rings is 1. The lowest BCUT2D eigenvalue weighted by Gasteiger charge is -2.07. The van der Waals surface area contributed by atoms with Crippen LogP contribution in [-0.2, 0) is 4.79 Å². The summed E-state index contributed by atoms with van der Waals surface area (Å²) in [5, 5.41) is 5.93. The first-order valence-corrected chi connectivity index (χ1v) is 7.31. The Morgan fingerprint density at radius 1 is 1.14 bits per heavy atom. The molecule has 22 heavy (non-hydrogen) atoms. The summed E-state index contributed by atoms with van der Waals surface area (Å²) in [5.41, 5.74) is 2.93. The van der Waals surface area contributed by atoms with Crippen molar-refractivity contribution in [3.05, 3.63) is 41.3 Å². The van der Waals surface area contributed by atoms with Gasteiger partial charge in [-0.3, -0.25) is 4.79 Å². The Kier molecular flexibility index (Phi) is 5.41. The molecule has 2 rings (SSSR count). The van der Waals surface area contributed by atoms with Gasteiger partial charge in [0.25, 0.3) is 0 Å². The highest BCUT2D eigenvalue weighted by molar-refractivity contribution is 5.89. The summed E-state index contributed by atoms with van der Waals surface area (Å²) in [4.78, 5) is 24.5. The summed E-state index contributed by atoms with van der Waals surface area (Å²) >= 11 is 0. The van der Waals surface area contributed by atoms with E-state index in [9.17, 15) is 4.79 Å². The van der Waals surface area contributed by atoms with Crippen LogP contribution in [0.3, 0.4) is 0 Å². The smallest absolute Gasteiger partial charge is 0.225 e. The highest BCUT2D eigenvalue weighted by atomic mass is 16.1. The summed E-state index contributed by atoms with van der Waals surface area (Å²) in [6.45, 7) is 6.48. The lowest BCUT2D eigenvalue weighted by Crippen LogP contribution is -2.15. The number of rotatable bonds is 6. The zero-order valence-corrected chi connectivity index (χ0v) is 13.2. The second kappa shape index (κ2) is 7.49. The Bertz CT molecular complexity index is 636. The number of nitrogens with one attached hydrogen (secondary N) is 2. The third kappa shape index (κ3) is 5.12. The Labute approximate surface area is 130 Å². The van der Waals surface area contributed by atoms with E-state index in [0.29, 0.717) is 31.2 Å². The van der Waals surface area contributed by atoms with Crippen molar-refractivity contribution in [2.45, 2.75) is 33.6 Å². The molecule has 0 aliphatic carbocycles. The molecule has 2 heterocycles. The molecular formula is C16H21N5O. The second-order valence-electron chi connectivity index (χ2n) is 5.27. The first-order chi connectivity index (χ1) is 10.5. The van der Waals surface area contributed by atoms with E-state index in [0.717, 1.165) is 17.0 Å². The predicted octanol–water partition coefficient (Wildman–Crippen LogP) is 2.63. The molecule has 0 saturated carbocycles. The van der Waals surface area contributed by atoms with Crippen LogP contribution in [-0.4, -0.2) is 27.4 Å². The molecule has 0 aliphatic rings. The molecule has 0 unspecified atom stereocenters. The Morgan fingerprint density at radius 3 is 2.55 bits per heavy atom. The van der Waals surface area contributed by atoms with Crippen molar-refractivity contribution < 1.29 is 4.79 Å². The number of anilines is 2. The van der Waals surface area contributed by atoms with Crippen molar-refractivity contribution in [3.63, 3.8) is 0 Å². The van der Waals surface area contributed by atoms with E-state index in [4.69, 9.17) is 0 Å². The highest BCUT2D eigenvalue weighted by Crippen LogP contribution is 2.07. The van der Waals surface area contributed by atoms with Crippen LogP contribution in [0, 0.1) is 20.8 Å². The molecule has 0 saturated heterocycles. The third-order valence-electron chi connectivity index (χ3n) is 3.03. The van der Waals surface area contributed by atoms with Crippen molar-refractivity contribution in [1.29, 1.82) is 0 Å². The van der Waals surface area contributed by atoms with Crippen LogP contribution in [0.5, 0.6) is 0 Å². The topological polar surface area (TPSA) is 79.8 Å². The van der Waals surface area contributed by atoms with E-state index in [-0.39, 0.29) is 5.91 Å². The normalized spacial score (nSPS) is 10.3. The number of aryl methyl sites for hydroxylation is 3. The molecule has 2 aromatic heterocycles. The van der Waals surface area contributed by atoms with Gasteiger partial charge in [-0.15, -0.1) is 0 Å². The molecule has 116 valence electrons. The second-order valence-corrected chi connectivity index (χ2v) is 5.27. The zero-order valence-electron chi connectivity index (χ0n) is 13.2. The van der Waals surface area contributed by atoms with Gasteiger partial charge in [-0.2, -0.15) is 0 Å². The lowest BCUT2D eigenvalue weighted by molar-refractivity contribution is -0.116. The molecule has 0 spiro atoms. The van der Waals surface area contributed by atoms with Gasteiger partial charge in [0.05, 0.1) is 0 Å². The van der Waals surface area contributed by atoms with Gasteiger partial charge >= 0.3 is 0 Å².